The SMILES string of the molecule is CCCCc1cc2c(c(N3CCN(c4ccccc4Cl)CC3)c1C(N)=O)Cc1ccccc1-2. The van der Waals surface area contributed by atoms with Crippen LogP contribution in [0.15, 0.2) is 54.6 Å². The van der Waals surface area contributed by atoms with E-state index in [2.05, 4.69) is 53.1 Å². The fourth-order valence-corrected chi connectivity index (χ4v) is 5.63. The van der Waals surface area contributed by atoms with Gasteiger partial charge in [0.1, 0.15) is 0 Å². The number of hydrogen-bond donors (Lipinski definition) is 1. The molecular formula is C28H30ClN3O. The number of nitrogens with two attached hydrogens (primary N) is 1. The summed E-state index contributed by atoms with van der Waals surface area (Å²) in [5.74, 6) is -0.316. The van der Waals surface area contributed by atoms with Crippen molar-refractivity contribution in [1.82, 2.24) is 0 Å². The monoisotopic (exact) mass is 459 g/mol. The van der Waals surface area contributed by atoms with Crippen LogP contribution < -0.4 is 15.5 Å². The molecular weight excluding hydrogens is 430 g/mol. The first kappa shape index (κ1) is 21.8. The fraction of sp³-hybridized carbons (Fsp3) is 0.321. The number of rotatable bonds is 6. The molecule has 3 aromatic rings. The number of hydrogen-bond acceptors (Lipinski definition) is 3. The summed E-state index contributed by atoms with van der Waals surface area (Å²) in [6.45, 7) is 5.53. The van der Waals surface area contributed by atoms with Gasteiger partial charge in [-0.05, 0) is 58.9 Å². The minimum Gasteiger partial charge on any atom is -0.367 e. The molecule has 33 heavy (non-hydrogen) atoms. The molecule has 0 radical (unpaired) electrons. The van der Waals surface area contributed by atoms with E-state index >= 15 is 0 Å². The average Bonchev–Trinajstić information content (AvgIpc) is 3.20. The normalized spacial score (nSPS) is 14.8. The van der Waals surface area contributed by atoms with Crippen LogP contribution in [0.1, 0.15) is 46.8 Å². The molecule has 2 aliphatic rings. The molecule has 0 bridgehead atoms. The molecule has 5 rings (SSSR count). The van der Waals surface area contributed by atoms with E-state index in [1.807, 2.05) is 18.2 Å². The third-order valence-corrected chi connectivity index (χ3v) is 7.32. The first-order valence-electron chi connectivity index (χ1n) is 11.9. The Morgan fingerprint density at radius 3 is 2.39 bits per heavy atom. The number of aryl methyl sites for hydroxylation is 1. The van der Waals surface area contributed by atoms with Crippen LogP contribution in [0, 0.1) is 0 Å². The first-order chi connectivity index (χ1) is 16.1. The number of para-hydroxylation sites is 1. The van der Waals surface area contributed by atoms with E-state index in [0.717, 1.165) is 79.4 Å². The quantitative estimate of drug-likeness (QED) is 0.403. The molecule has 4 nitrogen and oxygen atoms in total. The lowest BCUT2D eigenvalue weighted by molar-refractivity contribution is 0.0999. The van der Waals surface area contributed by atoms with Crippen molar-refractivity contribution in [2.75, 3.05) is 36.0 Å². The second-order valence-electron chi connectivity index (χ2n) is 9.01. The minimum absolute atomic E-state index is 0.316. The van der Waals surface area contributed by atoms with E-state index in [4.69, 9.17) is 17.3 Å². The van der Waals surface area contributed by atoms with Crippen LogP contribution in [0.25, 0.3) is 11.1 Å². The van der Waals surface area contributed by atoms with Gasteiger partial charge in [0, 0.05) is 32.6 Å². The Labute approximate surface area is 201 Å². The lowest BCUT2D eigenvalue weighted by Gasteiger charge is -2.39. The van der Waals surface area contributed by atoms with Gasteiger partial charge in [-0.1, -0.05) is 61.3 Å². The Bertz CT molecular complexity index is 1200. The van der Waals surface area contributed by atoms with E-state index in [0.29, 0.717) is 0 Å². The highest BCUT2D eigenvalue weighted by Gasteiger charge is 2.31. The number of unbranched alkanes of at least 4 members (excludes halogenated alkanes) is 1. The Balaban J connectivity index is 1.55. The molecule has 0 atom stereocenters. The van der Waals surface area contributed by atoms with Crippen molar-refractivity contribution in [3.63, 3.8) is 0 Å². The second kappa shape index (κ2) is 9.11. The molecule has 1 heterocycles. The fourth-order valence-electron chi connectivity index (χ4n) is 5.38. The van der Waals surface area contributed by atoms with Gasteiger partial charge in [-0.15, -0.1) is 0 Å². The number of fused-ring (bicyclic) bond motifs is 3. The van der Waals surface area contributed by atoms with Gasteiger partial charge in [-0.25, -0.2) is 0 Å². The zero-order chi connectivity index (χ0) is 22.9. The molecule has 170 valence electrons. The molecule has 1 saturated heterocycles. The van der Waals surface area contributed by atoms with Crippen molar-refractivity contribution in [2.45, 2.75) is 32.6 Å². The molecule has 5 heteroatoms. The van der Waals surface area contributed by atoms with E-state index in [9.17, 15) is 4.79 Å². The van der Waals surface area contributed by atoms with Crippen molar-refractivity contribution in [1.29, 1.82) is 0 Å². The van der Waals surface area contributed by atoms with E-state index in [1.54, 1.807) is 0 Å². The maximum absolute atomic E-state index is 12.8. The van der Waals surface area contributed by atoms with Crippen molar-refractivity contribution in [2.24, 2.45) is 5.73 Å². The summed E-state index contributed by atoms with van der Waals surface area (Å²) in [6.07, 6.45) is 3.84. The third kappa shape index (κ3) is 3.97. The third-order valence-electron chi connectivity index (χ3n) is 7.00. The Morgan fingerprint density at radius 2 is 1.67 bits per heavy atom. The Morgan fingerprint density at radius 1 is 0.970 bits per heavy atom. The standard InChI is InChI=1S/C28H30ClN3O/c1-2-3-8-20-18-22-21-10-5-4-9-19(21)17-23(22)27(26(20)28(30)33)32-15-13-31(14-16-32)25-12-7-6-11-24(25)29/h4-7,9-12,18H,2-3,8,13-17H2,1H3,(H2,30,33). The summed E-state index contributed by atoms with van der Waals surface area (Å²) >= 11 is 6.46. The zero-order valence-electron chi connectivity index (χ0n) is 19.1. The van der Waals surface area contributed by atoms with Crippen LogP contribution in [0.3, 0.4) is 0 Å². The number of piperazine rings is 1. The molecule has 3 aromatic carbocycles. The summed E-state index contributed by atoms with van der Waals surface area (Å²) in [4.78, 5) is 17.5. The molecule has 1 amide bonds. The maximum atomic E-state index is 12.8. The Hall–Kier alpha value is -2.98. The topological polar surface area (TPSA) is 49.6 Å². The van der Waals surface area contributed by atoms with Crippen molar-refractivity contribution in [3.8, 4) is 11.1 Å². The molecule has 0 spiro atoms. The van der Waals surface area contributed by atoms with Gasteiger partial charge in [-0.2, -0.15) is 0 Å². The minimum atomic E-state index is -0.316. The van der Waals surface area contributed by atoms with Crippen LogP contribution >= 0.6 is 11.6 Å². The lowest BCUT2D eigenvalue weighted by Crippen LogP contribution is -2.47. The van der Waals surface area contributed by atoms with Crippen LogP contribution in [0.5, 0.6) is 0 Å². The number of carbonyl (C=O) groups is 1. The highest BCUT2D eigenvalue weighted by Crippen LogP contribution is 2.45. The van der Waals surface area contributed by atoms with Crippen LogP contribution in [0.4, 0.5) is 11.4 Å². The van der Waals surface area contributed by atoms with Crippen LogP contribution in [-0.4, -0.2) is 32.1 Å². The molecule has 0 aromatic heterocycles. The van der Waals surface area contributed by atoms with Gasteiger partial charge in [0.15, 0.2) is 0 Å². The summed E-state index contributed by atoms with van der Waals surface area (Å²) < 4.78 is 0. The highest BCUT2D eigenvalue weighted by molar-refractivity contribution is 6.33. The van der Waals surface area contributed by atoms with E-state index in [1.165, 1.54) is 22.3 Å². The van der Waals surface area contributed by atoms with Crippen molar-refractivity contribution < 1.29 is 4.79 Å². The molecule has 0 unspecified atom stereocenters. The Kier molecular flexibility index (Phi) is 6.03. The number of anilines is 2. The summed E-state index contributed by atoms with van der Waals surface area (Å²) in [7, 11) is 0. The van der Waals surface area contributed by atoms with Crippen molar-refractivity contribution >= 4 is 28.9 Å². The van der Waals surface area contributed by atoms with Gasteiger partial charge in [0.2, 0.25) is 0 Å². The second-order valence-corrected chi connectivity index (χ2v) is 9.42. The van der Waals surface area contributed by atoms with Crippen molar-refractivity contribution in [3.05, 3.63) is 81.9 Å². The first-order valence-corrected chi connectivity index (χ1v) is 12.3. The van der Waals surface area contributed by atoms with E-state index < -0.39 is 0 Å². The molecule has 1 aliphatic carbocycles. The van der Waals surface area contributed by atoms with E-state index in [-0.39, 0.29) is 5.91 Å². The predicted octanol–water partition coefficient (Wildman–Crippen LogP) is 5.68. The number of halogens is 1. The summed E-state index contributed by atoms with van der Waals surface area (Å²) in [5.41, 5.74) is 15.1. The summed E-state index contributed by atoms with van der Waals surface area (Å²) in [5, 5.41) is 0.779. The van der Waals surface area contributed by atoms with Gasteiger partial charge in [-0.3, -0.25) is 4.79 Å². The van der Waals surface area contributed by atoms with Crippen LogP contribution in [-0.2, 0) is 12.8 Å². The molecule has 0 saturated carbocycles. The molecule has 1 fully saturated rings. The number of amides is 1. The maximum Gasteiger partial charge on any atom is 0.251 e. The van der Waals surface area contributed by atoms with Gasteiger partial charge in [0.05, 0.1) is 22.0 Å². The number of primary amides is 1. The number of nitrogens with zero attached hydrogens (tertiary/aromatic N) is 2. The smallest absolute Gasteiger partial charge is 0.251 e. The predicted molar refractivity (Wildman–Crippen MR) is 138 cm³/mol. The van der Waals surface area contributed by atoms with Gasteiger partial charge in [0.25, 0.3) is 5.91 Å². The summed E-state index contributed by atoms with van der Waals surface area (Å²) in [6, 6.07) is 18.8. The van der Waals surface area contributed by atoms with Crippen LogP contribution in [0.2, 0.25) is 5.02 Å². The molecule has 2 N–H and O–H groups in total. The number of carbonyl (C=O) groups excluding carboxylic acids is 1. The van der Waals surface area contributed by atoms with Gasteiger partial charge >= 0.3 is 0 Å². The number of benzene rings is 3. The average molecular weight is 460 g/mol. The lowest BCUT2D eigenvalue weighted by atomic mass is 9.91. The molecule has 1 aliphatic heterocycles. The highest BCUT2D eigenvalue weighted by atomic mass is 35.5. The largest absolute Gasteiger partial charge is 0.367 e. The van der Waals surface area contributed by atoms with Gasteiger partial charge < -0.3 is 15.5 Å². The zero-order valence-corrected chi connectivity index (χ0v) is 19.9.